The van der Waals surface area contributed by atoms with E-state index in [0.29, 0.717) is 11.6 Å². The molecule has 2 rings (SSSR count). The van der Waals surface area contributed by atoms with Crippen molar-refractivity contribution in [3.8, 4) is 5.75 Å². The normalized spacial score (nSPS) is 10.9. The van der Waals surface area contributed by atoms with Gasteiger partial charge in [-0.3, -0.25) is 0 Å². The molecule has 2 aromatic rings. The van der Waals surface area contributed by atoms with Crippen molar-refractivity contribution in [3.05, 3.63) is 28.6 Å². The topological polar surface area (TPSA) is 20.2 Å². The number of rotatable bonds is 1. The van der Waals surface area contributed by atoms with E-state index in [2.05, 4.69) is 13.0 Å². The highest BCUT2D eigenvalue weighted by atomic mass is 35.5. The van der Waals surface area contributed by atoms with Gasteiger partial charge >= 0.3 is 0 Å². The molecule has 1 heterocycles. The first-order valence-electron chi connectivity index (χ1n) is 3.99. The Morgan fingerprint density at radius 3 is 2.92 bits per heavy atom. The van der Waals surface area contributed by atoms with Crippen LogP contribution in [0.1, 0.15) is 10.4 Å². The van der Waals surface area contributed by atoms with Gasteiger partial charge in [0.05, 0.1) is 5.88 Å². The van der Waals surface area contributed by atoms with Crippen LogP contribution in [0.25, 0.3) is 10.1 Å². The monoisotopic (exact) mass is 212 g/mol. The molecule has 0 amide bonds. The minimum Gasteiger partial charge on any atom is -0.508 e. The molecule has 0 atom stereocenters. The number of phenolic OH excluding ortho intramolecular Hbond substituents is 1. The third kappa shape index (κ3) is 1.40. The van der Waals surface area contributed by atoms with Gasteiger partial charge in [-0.15, -0.1) is 22.9 Å². The molecule has 0 saturated carbocycles. The molecule has 3 heteroatoms. The lowest BCUT2D eigenvalue weighted by molar-refractivity contribution is 0.472. The van der Waals surface area contributed by atoms with Gasteiger partial charge in [-0.25, -0.2) is 0 Å². The molecule has 0 fully saturated rings. The van der Waals surface area contributed by atoms with Gasteiger partial charge in [-0.05, 0) is 30.5 Å². The predicted octanol–water partition coefficient (Wildman–Crippen LogP) is 3.65. The summed E-state index contributed by atoms with van der Waals surface area (Å²) in [5.74, 6) is 0.660. The fourth-order valence-electron chi connectivity index (χ4n) is 1.41. The summed E-state index contributed by atoms with van der Waals surface area (Å²) < 4.78 is 1.10. The van der Waals surface area contributed by atoms with Crippen LogP contribution in [-0.2, 0) is 5.88 Å². The number of phenols is 1. The van der Waals surface area contributed by atoms with E-state index >= 15 is 0 Å². The van der Waals surface area contributed by atoms with Crippen LogP contribution in [0.3, 0.4) is 0 Å². The molecular weight excluding hydrogens is 204 g/mol. The van der Waals surface area contributed by atoms with Crippen molar-refractivity contribution < 1.29 is 5.11 Å². The molecule has 1 aromatic heterocycles. The Hall–Kier alpha value is -0.730. The second kappa shape index (κ2) is 3.20. The SMILES string of the molecule is Cc1cc2ccc(O)c(CCl)c2s1. The molecule has 1 aromatic carbocycles. The van der Waals surface area contributed by atoms with Gasteiger partial charge in [0.2, 0.25) is 0 Å². The summed E-state index contributed by atoms with van der Waals surface area (Å²) in [6.45, 7) is 2.06. The molecule has 0 unspecified atom stereocenters. The van der Waals surface area contributed by atoms with Crippen molar-refractivity contribution in [3.63, 3.8) is 0 Å². The quantitative estimate of drug-likeness (QED) is 0.716. The van der Waals surface area contributed by atoms with Gasteiger partial charge in [0.1, 0.15) is 5.75 Å². The number of benzene rings is 1. The highest BCUT2D eigenvalue weighted by Crippen LogP contribution is 2.34. The average Bonchev–Trinajstić information content (AvgIpc) is 2.45. The molecule has 1 N–H and O–H groups in total. The summed E-state index contributed by atoms with van der Waals surface area (Å²) in [4.78, 5) is 1.24. The van der Waals surface area contributed by atoms with Crippen molar-refractivity contribution >= 4 is 33.0 Å². The van der Waals surface area contributed by atoms with Crippen LogP contribution >= 0.6 is 22.9 Å². The Kier molecular flexibility index (Phi) is 2.18. The van der Waals surface area contributed by atoms with E-state index in [1.54, 1.807) is 17.4 Å². The fraction of sp³-hybridized carbons (Fsp3) is 0.200. The number of hydrogen-bond donors (Lipinski definition) is 1. The Labute approximate surface area is 85.6 Å². The molecule has 0 aliphatic heterocycles. The second-order valence-electron chi connectivity index (χ2n) is 2.97. The molecular formula is C10H9ClOS. The van der Waals surface area contributed by atoms with Crippen molar-refractivity contribution in [1.29, 1.82) is 0 Å². The first kappa shape index (κ1) is 8.85. The molecule has 0 spiro atoms. The zero-order valence-corrected chi connectivity index (χ0v) is 8.75. The third-order valence-electron chi connectivity index (χ3n) is 2.02. The van der Waals surface area contributed by atoms with Gasteiger partial charge in [0, 0.05) is 15.1 Å². The van der Waals surface area contributed by atoms with Gasteiger partial charge in [0.25, 0.3) is 0 Å². The highest BCUT2D eigenvalue weighted by molar-refractivity contribution is 7.19. The summed E-state index contributed by atoms with van der Waals surface area (Å²) in [6, 6.07) is 5.73. The minimum absolute atomic E-state index is 0.296. The van der Waals surface area contributed by atoms with Crippen molar-refractivity contribution in [2.75, 3.05) is 0 Å². The molecule has 1 nitrogen and oxygen atoms in total. The summed E-state index contributed by atoms with van der Waals surface area (Å²) in [5.41, 5.74) is 0.845. The number of fused-ring (bicyclic) bond motifs is 1. The zero-order chi connectivity index (χ0) is 9.42. The van der Waals surface area contributed by atoms with E-state index in [1.807, 2.05) is 6.07 Å². The maximum absolute atomic E-state index is 9.54. The average molecular weight is 213 g/mol. The van der Waals surface area contributed by atoms with Crippen LogP contribution in [0.4, 0.5) is 0 Å². The summed E-state index contributed by atoms with van der Waals surface area (Å²) in [5, 5.41) is 10.7. The maximum Gasteiger partial charge on any atom is 0.121 e. The summed E-state index contributed by atoms with van der Waals surface area (Å²) in [6.07, 6.45) is 0. The first-order valence-corrected chi connectivity index (χ1v) is 5.34. The van der Waals surface area contributed by atoms with Crippen LogP contribution in [-0.4, -0.2) is 5.11 Å². The zero-order valence-electron chi connectivity index (χ0n) is 7.17. The standard InChI is InChI=1S/C10H9ClOS/c1-6-4-7-2-3-9(12)8(5-11)10(7)13-6/h2-4,12H,5H2,1H3. The first-order chi connectivity index (χ1) is 6.22. The molecule has 13 heavy (non-hydrogen) atoms. The minimum atomic E-state index is 0.296. The number of aryl methyl sites for hydroxylation is 1. The van der Waals surface area contributed by atoms with Gasteiger partial charge in [-0.1, -0.05) is 0 Å². The van der Waals surface area contributed by atoms with Crippen LogP contribution in [0.2, 0.25) is 0 Å². The molecule has 0 bridgehead atoms. The van der Waals surface area contributed by atoms with E-state index in [1.165, 1.54) is 4.88 Å². The van der Waals surface area contributed by atoms with Crippen LogP contribution in [0, 0.1) is 6.92 Å². The van der Waals surface area contributed by atoms with Gasteiger partial charge in [0.15, 0.2) is 0 Å². The van der Waals surface area contributed by atoms with Crippen LogP contribution in [0.15, 0.2) is 18.2 Å². The fourth-order valence-corrected chi connectivity index (χ4v) is 2.81. The number of aromatic hydroxyl groups is 1. The van der Waals surface area contributed by atoms with E-state index in [-0.39, 0.29) is 0 Å². The van der Waals surface area contributed by atoms with Crippen LogP contribution in [0.5, 0.6) is 5.75 Å². The van der Waals surface area contributed by atoms with Crippen molar-refractivity contribution in [2.24, 2.45) is 0 Å². The van der Waals surface area contributed by atoms with E-state index in [0.717, 1.165) is 15.6 Å². The van der Waals surface area contributed by atoms with Crippen molar-refractivity contribution in [2.45, 2.75) is 12.8 Å². The van der Waals surface area contributed by atoms with Crippen molar-refractivity contribution in [1.82, 2.24) is 0 Å². The number of halogens is 1. The Bertz CT molecular complexity index is 447. The Balaban J connectivity index is 2.82. The Morgan fingerprint density at radius 1 is 1.46 bits per heavy atom. The smallest absolute Gasteiger partial charge is 0.121 e. The van der Waals surface area contributed by atoms with Gasteiger partial charge < -0.3 is 5.11 Å². The molecule has 68 valence electrons. The van der Waals surface area contributed by atoms with E-state index < -0.39 is 0 Å². The number of hydrogen-bond acceptors (Lipinski definition) is 2. The number of thiophene rings is 1. The lowest BCUT2D eigenvalue weighted by atomic mass is 10.1. The maximum atomic E-state index is 9.54. The van der Waals surface area contributed by atoms with Gasteiger partial charge in [-0.2, -0.15) is 0 Å². The van der Waals surface area contributed by atoms with E-state index in [9.17, 15) is 5.11 Å². The van der Waals surface area contributed by atoms with E-state index in [4.69, 9.17) is 11.6 Å². The molecule has 0 aliphatic carbocycles. The van der Waals surface area contributed by atoms with Crippen LogP contribution < -0.4 is 0 Å². The largest absolute Gasteiger partial charge is 0.508 e. The lowest BCUT2D eigenvalue weighted by Crippen LogP contribution is -1.78. The molecule has 0 saturated heterocycles. The molecule has 0 aliphatic rings. The third-order valence-corrected chi connectivity index (χ3v) is 3.41. The summed E-state index contributed by atoms with van der Waals surface area (Å²) in [7, 11) is 0. The Morgan fingerprint density at radius 2 is 2.23 bits per heavy atom. The predicted molar refractivity (Wildman–Crippen MR) is 57.8 cm³/mol. The number of alkyl halides is 1. The molecule has 0 radical (unpaired) electrons. The summed E-state index contributed by atoms with van der Waals surface area (Å²) >= 11 is 7.44. The second-order valence-corrected chi connectivity index (χ2v) is 4.50. The lowest BCUT2D eigenvalue weighted by Gasteiger charge is -2.00. The highest BCUT2D eigenvalue weighted by Gasteiger charge is 2.07.